The first-order chi connectivity index (χ1) is 11.8. The van der Waals surface area contributed by atoms with Gasteiger partial charge in [0.25, 0.3) is 5.91 Å². The van der Waals surface area contributed by atoms with Crippen molar-refractivity contribution in [2.75, 3.05) is 13.7 Å². The Morgan fingerprint density at radius 2 is 2.00 bits per heavy atom. The van der Waals surface area contributed by atoms with Crippen molar-refractivity contribution in [2.45, 2.75) is 20.4 Å². The van der Waals surface area contributed by atoms with Crippen LogP contribution < -0.4 is 0 Å². The molecule has 1 aromatic carbocycles. The number of ether oxygens (including phenoxy) is 1. The number of carbonyl (C=O) groups excluding carboxylic acids is 2. The molecule has 0 aliphatic carbocycles. The van der Waals surface area contributed by atoms with Crippen molar-refractivity contribution in [3.05, 3.63) is 63.5 Å². The van der Waals surface area contributed by atoms with Gasteiger partial charge in [-0.3, -0.25) is 4.79 Å². The molecule has 0 saturated heterocycles. The largest absolute Gasteiger partial charge is 0.452 e. The highest BCUT2D eigenvalue weighted by atomic mass is 79.9. The summed E-state index contributed by atoms with van der Waals surface area (Å²) in [6, 6.07) is 9.52. The molecule has 0 bridgehead atoms. The highest BCUT2D eigenvalue weighted by Gasteiger charge is 2.12. The standard InChI is InChI=1S/C19H20BrNO4/c1-13-4-5-15(14(2)10-13)11-21(3)18(22)12-24-19(23)9-7-16-6-8-17(20)25-16/h4-10H,11-12H2,1-3H3/b9-7+. The lowest BCUT2D eigenvalue weighted by Gasteiger charge is -2.18. The number of furan rings is 1. The quantitative estimate of drug-likeness (QED) is 0.540. The van der Waals surface area contributed by atoms with E-state index in [0.29, 0.717) is 17.0 Å². The molecule has 0 saturated carbocycles. The average molecular weight is 406 g/mol. The number of hydrogen-bond acceptors (Lipinski definition) is 4. The van der Waals surface area contributed by atoms with E-state index in [1.54, 1.807) is 19.2 Å². The Morgan fingerprint density at radius 1 is 1.24 bits per heavy atom. The number of nitrogens with zero attached hydrogens (tertiary/aromatic N) is 1. The Hall–Kier alpha value is -2.34. The van der Waals surface area contributed by atoms with Gasteiger partial charge in [0.05, 0.1) is 0 Å². The molecule has 2 aromatic rings. The molecule has 2 rings (SSSR count). The van der Waals surface area contributed by atoms with Crippen molar-refractivity contribution in [1.82, 2.24) is 4.90 Å². The molecular weight excluding hydrogens is 386 g/mol. The summed E-state index contributed by atoms with van der Waals surface area (Å²) in [5.41, 5.74) is 3.37. The van der Waals surface area contributed by atoms with Crippen LogP contribution in [0.2, 0.25) is 0 Å². The number of hydrogen-bond donors (Lipinski definition) is 0. The highest BCUT2D eigenvalue weighted by Crippen LogP contribution is 2.15. The van der Waals surface area contributed by atoms with Gasteiger partial charge < -0.3 is 14.1 Å². The van der Waals surface area contributed by atoms with Crippen LogP contribution in [0, 0.1) is 13.8 Å². The van der Waals surface area contributed by atoms with Gasteiger partial charge in [0.15, 0.2) is 11.3 Å². The second-order valence-corrected chi connectivity index (χ2v) is 6.54. The third kappa shape index (κ3) is 5.90. The summed E-state index contributed by atoms with van der Waals surface area (Å²) in [5, 5.41) is 0. The van der Waals surface area contributed by atoms with E-state index in [0.717, 1.165) is 11.1 Å². The molecule has 1 amide bonds. The minimum Gasteiger partial charge on any atom is -0.452 e. The van der Waals surface area contributed by atoms with Crippen LogP contribution in [0.4, 0.5) is 0 Å². The Labute approximate surface area is 155 Å². The average Bonchev–Trinajstić information content (AvgIpc) is 2.98. The molecule has 1 aromatic heterocycles. The van der Waals surface area contributed by atoms with Gasteiger partial charge in [-0.05, 0) is 59.1 Å². The number of aryl methyl sites for hydroxylation is 2. The fraction of sp³-hybridized carbons (Fsp3) is 0.263. The zero-order valence-corrected chi connectivity index (χ0v) is 16.0. The lowest BCUT2D eigenvalue weighted by molar-refractivity contribution is -0.147. The van der Waals surface area contributed by atoms with Gasteiger partial charge in [-0.25, -0.2) is 4.79 Å². The Bertz CT molecular complexity index is 794. The summed E-state index contributed by atoms with van der Waals surface area (Å²) < 4.78 is 10.8. The van der Waals surface area contributed by atoms with E-state index in [4.69, 9.17) is 9.15 Å². The fourth-order valence-electron chi connectivity index (χ4n) is 2.23. The van der Waals surface area contributed by atoms with E-state index in [1.165, 1.54) is 22.6 Å². The van der Waals surface area contributed by atoms with Crippen LogP contribution in [0.3, 0.4) is 0 Å². The minimum atomic E-state index is -0.596. The first-order valence-corrected chi connectivity index (χ1v) is 8.54. The molecule has 5 nitrogen and oxygen atoms in total. The number of likely N-dealkylation sites (N-methyl/N-ethyl adjacent to an activating group) is 1. The SMILES string of the molecule is Cc1ccc(CN(C)C(=O)COC(=O)/C=C/c2ccc(Br)o2)c(C)c1. The maximum atomic E-state index is 12.1. The van der Waals surface area contributed by atoms with Gasteiger partial charge in [0.2, 0.25) is 0 Å². The molecule has 0 unspecified atom stereocenters. The molecule has 0 aliphatic heterocycles. The Kier molecular flexibility index (Phi) is 6.58. The van der Waals surface area contributed by atoms with Gasteiger partial charge in [0.1, 0.15) is 5.76 Å². The first-order valence-electron chi connectivity index (χ1n) is 7.75. The van der Waals surface area contributed by atoms with E-state index in [-0.39, 0.29) is 12.5 Å². The Morgan fingerprint density at radius 3 is 2.64 bits per heavy atom. The van der Waals surface area contributed by atoms with E-state index < -0.39 is 5.97 Å². The molecule has 1 heterocycles. The second-order valence-electron chi connectivity index (χ2n) is 5.76. The van der Waals surface area contributed by atoms with Crippen molar-refractivity contribution in [3.63, 3.8) is 0 Å². The maximum absolute atomic E-state index is 12.1. The fourth-order valence-corrected chi connectivity index (χ4v) is 2.55. The lowest BCUT2D eigenvalue weighted by atomic mass is 10.1. The zero-order chi connectivity index (χ0) is 18.4. The second kappa shape index (κ2) is 8.67. The van der Waals surface area contributed by atoms with Crippen LogP contribution in [0.25, 0.3) is 6.08 Å². The number of esters is 1. The van der Waals surface area contributed by atoms with E-state index in [2.05, 4.69) is 22.0 Å². The van der Waals surface area contributed by atoms with Crippen LogP contribution >= 0.6 is 15.9 Å². The maximum Gasteiger partial charge on any atom is 0.331 e. The van der Waals surface area contributed by atoms with Crippen molar-refractivity contribution in [1.29, 1.82) is 0 Å². The van der Waals surface area contributed by atoms with Gasteiger partial charge in [0, 0.05) is 19.7 Å². The third-order valence-corrected chi connectivity index (χ3v) is 4.07. The lowest BCUT2D eigenvalue weighted by Crippen LogP contribution is -2.30. The van der Waals surface area contributed by atoms with Crippen LogP contribution in [-0.2, 0) is 20.9 Å². The summed E-state index contributed by atoms with van der Waals surface area (Å²) in [4.78, 5) is 25.3. The molecule has 25 heavy (non-hydrogen) atoms. The normalized spacial score (nSPS) is 10.9. The van der Waals surface area contributed by atoms with Crippen molar-refractivity contribution < 1.29 is 18.7 Å². The predicted molar refractivity (Wildman–Crippen MR) is 98.8 cm³/mol. The van der Waals surface area contributed by atoms with Crippen molar-refractivity contribution >= 4 is 33.9 Å². The van der Waals surface area contributed by atoms with Gasteiger partial charge in [-0.1, -0.05) is 23.8 Å². The third-order valence-electron chi connectivity index (χ3n) is 3.65. The zero-order valence-electron chi connectivity index (χ0n) is 14.4. The summed E-state index contributed by atoms with van der Waals surface area (Å²) in [6.07, 6.45) is 2.71. The number of amides is 1. The predicted octanol–water partition coefficient (Wildman–Crippen LogP) is 3.87. The molecule has 0 aliphatic rings. The first kappa shape index (κ1) is 19.0. The molecule has 132 valence electrons. The monoisotopic (exact) mass is 405 g/mol. The number of rotatable bonds is 6. The van der Waals surface area contributed by atoms with Gasteiger partial charge >= 0.3 is 5.97 Å². The van der Waals surface area contributed by atoms with Gasteiger partial charge in [-0.15, -0.1) is 0 Å². The van der Waals surface area contributed by atoms with Crippen molar-refractivity contribution in [3.8, 4) is 0 Å². The summed E-state index contributed by atoms with van der Waals surface area (Å²) in [6.45, 7) is 4.21. The van der Waals surface area contributed by atoms with E-state index in [1.807, 2.05) is 26.0 Å². The molecule has 0 atom stereocenters. The Balaban J connectivity index is 1.82. The minimum absolute atomic E-state index is 0.262. The van der Waals surface area contributed by atoms with E-state index >= 15 is 0 Å². The van der Waals surface area contributed by atoms with Crippen LogP contribution in [-0.4, -0.2) is 30.4 Å². The summed E-state index contributed by atoms with van der Waals surface area (Å²) in [7, 11) is 1.69. The highest BCUT2D eigenvalue weighted by molar-refractivity contribution is 9.10. The molecule has 6 heteroatoms. The number of benzene rings is 1. The number of halogens is 1. The number of carbonyl (C=O) groups is 2. The summed E-state index contributed by atoms with van der Waals surface area (Å²) >= 11 is 3.17. The molecule has 0 spiro atoms. The van der Waals surface area contributed by atoms with Crippen molar-refractivity contribution in [2.24, 2.45) is 0 Å². The summed E-state index contributed by atoms with van der Waals surface area (Å²) in [5.74, 6) is -0.342. The van der Waals surface area contributed by atoms with Crippen LogP contribution in [0.15, 0.2) is 45.5 Å². The molecule has 0 radical (unpaired) electrons. The van der Waals surface area contributed by atoms with Crippen LogP contribution in [0.5, 0.6) is 0 Å². The molecular formula is C19H20BrNO4. The molecule has 0 fully saturated rings. The smallest absolute Gasteiger partial charge is 0.331 e. The molecule has 0 N–H and O–H groups in total. The van der Waals surface area contributed by atoms with E-state index in [9.17, 15) is 9.59 Å². The van der Waals surface area contributed by atoms with Crippen LogP contribution in [0.1, 0.15) is 22.5 Å². The topological polar surface area (TPSA) is 59.8 Å². The van der Waals surface area contributed by atoms with Gasteiger partial charge in [-0.2, -0.15) is 0 Å².